The highest BCUT2D eigenvalue weighted by Crippen LogP contribution is 2.63. The van der Waals surface area contributed by atoms with Crippen molar-refractivity contribution in [3.8, 4) is 0 Å². The molecule has 0 aromatic heterocycles. The Balaban J connectivity index is 1.48. The summed E-state index contributed by atoms with van der Waals surface area (Å²) in [6.45, 7) is 4.19. The Bertz CT molecular complexity index is 928. The Hall–Kier alpha value is -2.50. The van der Waals surface area contributed by atoms with Crippen LogP contribution in [0.4, 0.5) is 0 Å². The fraction of sp³-hybridized carbons (Fsp3) is 0.600. The molecule has 5 atom stereocenters. The fourth-order valence-electron chi connectivity index (χ4n) is 6.60. The van der Waals surface area contributed by atoms with Gasteiger partial charge in [-0.2, -0.15) is 0 Å². The Kier molecular flexibility index (Phi) is 5.52. The molecule has 4 aliphatic carbocycles. The topological polar surface area (TPSA) is 104 Å². The van der Waals surface area contributed by atoms with Crippen LogP contribution in [0.25, 0.3) is 0 Å². The third-order valence-electron chi connectivity index (χ3n) is 8.28. The smallest absolute Gasteiger partial charge is 0.306 e. The number of allylic oxidation sites excluding steroid dienone is 6. The van der Waals surface area contributed by atoms with Crippen molar-refractivity contribution in [1.29, 1.82) is 0 Å². The number of ketones is 2. The lowest BCUT2D eigenvalue weighted by Gasteiger charge is -2.52. The second-order valence-corrected chi connectivity index (χ2v) is 9.95. The largest absolute Gasteiger partial charge is 0.458 e. The van der Waals surface area contributed by atoms with Gasteiger partial charge in [0, 0.05) is 17.8 Å². The zero-order valence-electron chi connectivity index (χ0n) is 18.3. The number of primary amides is 1. The summed E-state index contributed by atoms with van der Waals surface area (Å²) >= 11 is 0. The zero-order chi connectivity index (χ0) is 22.4. The lowest BCUT2D eigenvalue weighted by molar-refractivity contribution is -0.150. The van der Waals surface area contributed by atoms with Crippen LogP contribution in [-0.4, -0.2) is 30.0 Å². The number of carbonyl (C=O) groups excluding carboxylic acids is 4. The molecular formula is C25H31NO5. The van der Waals surface area contributed by atoms with E-state index in [4.69, 9.17) is 10.5 Å². The van der Waals surface area contributed by atoms with E-state index in [1.165, 1.54) is 11.1 Å². The predicted octanol–water partition coefficient (Wildman–Crippen LogP) is 3.21. The van der Waals surface area contributed by atoms with Gasteiger partial charge in [-0.25, -0.2) is 0 Å². The summed E-state index contributed by atoms with van der Waals surface area (Å²) < 4.78 is 5.13. The number of Topliss-reactive ketones (excluding diaryl/α,β-unsaturated/α-hetero) is 1. The van der Waals surface area contributed by atoms with Gasteiger partial charge in [-0.1, -0.05) is 30.2 Å². The van der Waals surface area contributed by atoms with Crippen LogP contribution >= 0.6 is 0 Å². The highest BCUT2D eigenvalue weighted by Gasteiger charge is 2.56. The third-order valence-corrected chi connectivity index (χ3v) is 8.28. The molecule has 0 radical (unpaired) electrons. The zero-order valence-corrected chi connectivity index (χ0v) is 18.3. The molecule has 1 amide bonds. The minimum atomic E-state index is -0.560. The molecule has 4 rings (SSSR count). The molecule has 0 heterocycles. The van der Waals surface area contributed by atoms with Crippen LogP contribution < -0.4 is 5.73 Å². The summed E-state index contributed by atoms with van der Waals surface area (Å²) in [5.41, 5.74) is 7.34. The van der Waals surface area contributed by atoms with E-state index in [1.807, 2.05) is 0 Å². The SMILES string of the molecule is CC12C=CC(=O)C=C1CCC1C2=CCC2(C)C1CC[C@@H]2C(=O)COC(=O)CCC(N)=O. The molecule has 6 heteroatoms. The molecule has 0 aromatic carbocycles. The summed E-state index contributed by atoms with van der Waals surface area (Å²) in [6.07, 6.45) is 12.3. The highest BCUT2D eigenvalue weighted by atomic mass is 16.5. The van der Waals surface area contributed by atoms with Crippen molar-refractivity contribution in [2.75, 3.05) is 6.61 Å². The Morgan fingerprint density at radius 2 is 1.94 bits per heavy atom. The molecule has 6 nitrogen and oxygen atoms in total. The van der Waals surface area contributed by atoms with Crippen LogP contribution in [0.2, 0.25) is 0 Å². The van der Waals surface area contributed by atoms with Crippen molar-refractivity contribution < 1.29 is 23.9 Å². The van der Waals surface area contributed by atoms with E-state index >= 15 is 0 Å². The normalized spacial score (nSPS) is 35.9. The van der Waals surface area contributed by atoms with E-state index in [-0.39, 0.29) is 47.8 Å². The number of nitrogens with two attached hydrogens (primary N) is 1. The van der Waals surface area contributed by atoms with Crippen molar-refractivity contribution >= 4 is 23.4 Å². The molecule has 2 N–H and O–H groups in total. The summed E-state index contributed by atoms with van der Waals surface area (Å²) in [4.78, 5) is 47.5. The molecule has 0 bridgehead atoms. The predicted molar refractivity (Wildman–Crippen MR) is 114 cm³/mol. The van der Waals surface area contributed by atoms with Gasteiger partial charge in [0.05, 0.1) is 6.42 Å². The van der Waals surface area contributed by atoms with Gasteiger partial charge >= 0.3 is 5.97 Å². The molecule has 0 aliphatic heterocycles. The molecule has 0 aromatic rings. The highest BCUT2D eigenvalue weighted by molar-refractivity contribution is 6.01. The maximum Gasteiger partial charge on any atom is 0.306 e. The number of hydrogen-bond acceptors (Lipinski definition) is 5. The van der Waals surface area contributed by atoms with Crippen LogP contribution in [0.1, 0.15) is 58.8 Å². The molecule has 31 heavy (non-hydrogen) atoms. The van der Waals surface area contributed by atoms with Gasteiger partial charge in [-0.15, -0.1) is 0 Å². The van der Waals surface area contributed by atoms with Gasteiger partial charge in [0.15, 0.2) is 11.6 Å². The molecule has 4 unspecified atom stereocenters. The summed E-state index contributed by atoms with van der Waals surface area (Å²) in [7, 11) is 0. The second kappa shape index (κ2) is 7.88. The van der Waals surface area contributed by atoms with Gasteiger partial charge in [0.25, 0.3) is 0 Å². The quantitative estimate of drug-likeness (QED) is 0.520. The molecular weight excluding hydrogens is 394 g/mol. The van der Waals surface area contributed by atoms with Crippen molar-refractivity contribution in [2.45, 2.75) is 58.8 Å². The van der Waals surface area contributed by atoms with Crippen molar-refractivity contribution in [3.63, 3.8) is 0 Å². The minimum absolute atomic E-state index is 0.0277. The standard InChI is InChI=1S/C25H31NO5/c1-24-11-9-16(27)13-15(24)3-4-17-18-5-6-20(25(18,2)12-10-19(17)24)21(28)14-31-23(30)8-7-22(26)29/h9-11,13,17-18,20H,3-8,12,14H2,1-2H3,(H2,26,29)/t17?,18?,20-,24?,25?/m1/s1. The van der Waals surface area contributed by atoms with Crippen LogP contribution in [-0.2, 0) is 23.9 Å². The van der Waals surface area contributed by atoms with Crippen molar-refractivity contribution in [2.24, 2.45) is 34.3 Å². The van der Waals surface area contributed by atoms with E-state index < -0.39 is 11.9 Å². The molecule has 2 saturated carbocycles. The Labute approximate surface area is 183 Å². The lowest BCUT2D eigenvalue weighted by Crippen LogP contribution is -2.45. The first kappa shape index (κ1) is 21.7. The maximum atomic E-state index is 13.0. The third kappa shape index (κ3) is 3.70. The van der Waals surface area contributed by atoms with E-state index in [0.717, 1.165) is 32.1 Å². The van der Waals surface area contributed by atoms with Gasteiger partial charge in [0.1, 0.15) is 6.61 Å². The summed E-state index contributed by atoms with van der Waals surface area (Å²) in [5.74, 6) is -0.380. The number of amides is 1. The number of ether oxygens (including phenoxy) is 1. The number of rotatable bonds is 6. The Morgan fingerprint density at radius 3 is 2.68 bits per heavy atom. The van der Waals surface area contributed by atoms with Gasteiger partial charge in [-0.05, 0) is 68.4 Å². The van der Waals surface area contributed by atoms with E-state index in [0.29, 0.717) is 11.8 Å². The van der Waals surface area contributed by atoms with Crippen LogP contribution in [0.5, 0.6) is 0 Å². The van der Waals surface area contributed by atoms with Gasteiger partial charge in [0.2, 0.25) is 5.91 Å². The first-order chi connectivity index (χ1) is 14.6. The number of esters is 1. The molecule has 2 fully saturated rings. The number of fused-ring (bicyclic) bond motifs is 5. The second-order valence-electron chi connectivity index (χ2n) is 9.95. The maximum absolute atomic E-state index is 13.0. The van der Waals surface area contributed by atoms with Crippen LogP contribution in [0, 0.1) is 28.6 Å². The first-order valence-corrected chi connectivity index (χ1v) is 11.3. The van der Waals surface area contributed by atoms with Crippen LogP contribution in [0.3, 0.4) is 0 Å². The number of hydrogen-bond donors (Lipinski definition) is 1. The first-order valence-electron chi connectivity index (χ1n) is 11.3. The summed E-state index contributed by atoms with van der Waals surface area (Å²) in [5, 5.41) is 0. The van der Waals surface area contributed by atoms with E-state index in [1.54, 1.807) is 12.2 Å². The van der Waals surface area contributed by atoms with E-state index in [2.05, 4.69) is 26.0 Å². The van der Waals surface area contributed by atoms with Crippen molar-refractivity contribution in [3.05, 3.63) is 35.5 Å². The lowest BCUT2D eigenvalue weighted by atomic mass is 9.52. The molecule has 0 saturated heterocycles. The average molecular weight is 426 g/mol. The molecule has 166 valence electrons. The molecule has 4 aliphatic rings. The van der Waals surface area contributed by atoms with Crippen LogP contribution in [0.15, 0.2) is 35.5 Å². The number of carbonyl (C=O) groups is 4. The fourth-order valence-corrected chi connectivity index (χ4v) is 6.60. The monoisotopic (exact) mass is 425 g/mol. The Morgan fingerprint density at radius 1 is 1.16 bits per heavy atom. The summed E-state index contributed by atoms with van der Waals surface area (Å²) in [6, 6.07) is 0. The molecule has 0 spiro atoms. The van der Waals surface area contributed by atoms with Gasteiger partial charge in [-0.3, -0.25) is 19.2 Å². The van der Waals surface area contributed by atoms with Gasteiger partial charge < -0.3 is 10.5 Å². The minimum Gasteiger partial charge on any atom is -0.458 e. The van der Waals surface area contributed by atoms with Crippen molar-refractivity contribution in [1.82, 2.24) is 0 Å². The van der Waals surface area contributed by atoms with E-state index in [9.17, 15) is 19.2 Å². The average Bonchev–Trinajstić information content (AvgIpc) is 3.08.